The van der Waals surface area contributed by atoms with Gasteiger partial charge in [-0.15, -0.1) is 8.42 Å². The van der Waals surface area contributed by atoms with Gasteiger partial charge in [0, 0.05) is 11.1 Å². The van der Waals surface area contributed by atoms with Gasteiger partial charge in [-0.05, 0) is 60.1 Å². The van der Waals surface area contributed by atoms with E-state index in [1.807, 2.05) is 41.5 Å². The van der Waals surface area contributed by atoms with Crippen LogP contribution in [-0.2, 0) is 21.2 Å². The first-order valence-electron chi connectivity index (χ1n) is 9.33. The van der Waals surface area contributed by atoms with E-state index in [1.165, 1.54) is 24.3 Å². The number of hydrogen-bond donors (Lipinski definition) is 2. The van der Waals surface area contributed by atoms with Crippen molar-refractivity contribution in [3.63, 3.8) is 0 Å². The third-order valence-corrected chi connectivity index (χ3v) is 5.35. The van der Waals surface area contributed by atoms with Crippen LogP contribution < -0.4 is 8.37 Å². The molecule has 2 aromatic rings. The number of hydrogen-bond acceptors (Lipinski definition) is 6. The molecular weight excluding hydrogens is 392 g/mol. The summed E-state index contributed by atoms with van der Waals surface area (Å²) in [5.41, 5.74) is 1.22. The highest BCUT2D eigenvalue weighted by Gasteiger charge is 2.26. The van der Waals surface area contributed by atoms with Gasteiger partial charge in [-0.1, -0.05) is 41.5 Å². The lowest BCUT2D eigenvalue weighted by Crippen LogP contribution is -2.19. The van der Waals surface area contributed by atoms with E-state index in [4.69, 9.17) is 8.37 Å². The number of aryl methyl sites for hydroxylation is 2. The van der Waals surface area contributed by atoms with E-state index in [1.54, 1.807) is 13.8 Å². The Balaban J connectivity index is 2.42. The van der Waals surface area contributed by atoms with Gasteiger partial charge in [-0.25, -0.2) is 0 Å². The van der Waals surface area contributed by atoms with Gasteiger partial charge in [0.1, 0.15) is 23.0 Å². The summed E-state index contributed by atoms with van der Waals surface area (Å²) in [6.07, 6.45) is 0. The summed E-state index contributed by atoms with van der Waals surface area (Å²) in [4.78, 5) is 0. The van der Waals surface area contributed by atoms with Gasteiger partial charge in [0.25, 0.3) is 0 Å². The zero-order chi connectivity index (χ0) is 22.4. The molecule has 0 saturated carbocycles. The molecule has 0 unspecified atom stereocenters. The molecule has 0 heterocycles. The fourth-order valence-corrected chi connectivity index (χ4v) is 3.80. The van der Waals surface area contributed by atoms with Crippen LogP contribution >= 0.6 is 0 Å². The number of rotatable bonds is 4. The summed E-state index contributed by atoms with van der Waals surface area (Å²) >= 11 is 0. The van der Waals surface area contributed by atoms with E-state index in [9.17, 15) is 18.6 Å². The molecule has 0 atom stereocenters. The molecule has 2 rings (SSSR count). The molecule has 160 valence electrons. The van der Waals surface area contributed by atoms with E-state index in [-0.39, 0.29) is 23.0 Å². The predicted molar refractivity (Wildman–Crippen MR) is 113 cm³/mol. The Morgan fingerprint density at radius 1 is 0.690 bits per heavy atom. The van der Waals surface area contributed by atoms with Crippen molar-refractivity contribution in [1.29, 1.82) is 0 Å². The van der Waals surface area contributed by atoms with Gasteiger partial charge in [0.15, 0.2) is 0 Å². The van der Waals surface area contributed by atoms with Crippen molar-refractivity contribution in [3.05, 3.63) is 46.5 Å². The van der Waals surface area contributed by atoms with Gasteiger partial charge in [-0.3, -0.25) is 0 Å². The van der Waals surface area contributed by atoms with Crippen LogP contribution in [-0.4, -0.2) is 18.6 Å². The SMILES string of the molecule is Cc1cc(O)c(C(C)(C)C)cc1OS(=O)(=O)Oc1cc(C(C)(C)C)c(O)cc1C. The molecule has 0 amide bonds. The molecule has 0 aliphatic heterocycles. The van der Waals surface area contributed by atoms with Crippen LogP contribution in [0.3, 0.4) is 0 Å². The van der Waals surface area contributed by atoms with Crippen LogP contribution in [0.4, 0.5) is 0 Å². The quantitative estimate of drug-likeness (QED) is 0.719. The molecule has 0 saturated heterocycles. The monoisotopic (exact) mass is 422 g/mol. The number of aromatic hydroxyl groups is 2. The highest BCUT2D eigenvalue weighted by molar-refractivity contribution is 7.82. The highest BCUT2D eigenvalue weighted by atomic mass is 32.3. The first kappa shape index (κ1) is 22.9. The third kappa shape index (κ3) is 5.35. The molecule has 0 aromatic heterocycles. The summed E-state index contributed by atoms with van der Waals surface area (Å²) in [6.45, 7) is 14.7. The third-order valence-electron chi connectivity index (χ3n) is 4.59. The van der Waals surface area contributed by atoms with Crippen molar-refractivity contribution in [2.75, 3.05) is 0 Å². The highest BCUT2D eigenvalue weighted by Crippen LogP contribution is 2.38. The van der Waals surface area contributed by atoms with E-state index in [0.29, 0.717) is 22.3 Å². The molecule has 0 aliphatic carbocycles. The number of benzene rings is 2. The van der Waals surface area contributed by atoms with Crippen molar-refractivity contribution < 1.29 is 27.0 Å². The summed E-state index contributed by atoms with van der Waals surface area (Å²) in [5, 5.41) is 20.4. The first-order valence-corrected chi connectivity index (χ1v) is 10.7. The Labute approximate surface area is 173 Å². The van der Waals surface area contributed by atoms with Crippen LogP contribution in [0.1, 0.15) is 63.8 Å². The van der Waals surface area contributed by atoms with Gasteiger partial charge in [0.2, 0.25) is 0 Å². The Kier molecular flexibility index (Phi) is 5.87. The standard InChI is InChI=1S/C22H30O6S/c1-13-9-17(23)15(21(3,4)5)11-19(13)27-29(25,26)28-20-12-16(22(6,7)8)18(24)10-14(20)2/h9-12,23-24H,1-8H3. The number of phenolic OH excluding ortho intramolecular Hbond substituents is 2. The van der Waals surface area contributed by atoms with Crippen molar-refractivity contribution in [2.45, 2.75) is 66.2 Å². The van der Waals surface area contributed by atoms with Crippen molar-refractivity contribution in [3.8, 4) is 23.0 Å². The molecule has 6 nitrogen and oxygen atoms in total. The summed E-state index contributed by atoms with van der Waals surface area (Å²) in [7, 11) is -4.45. The Morgan fingerprint density at radius 2 is 1.00 bits per heavy atom. The normalized spacial score (nSPS) is 12.7. The Hall–Kier alpha value is -2.41. The molecule has 0 aliphatic rings. The topological polar surface area (TPSA) is 93.1 Å². The molecule has 0 bridgehead atoms. The Morgan fingerprint density at radius 3 is 1.28 bits per heavy atom. The van der Waals surface area contributed by atoms with Crippen LogP contribution in [0.5, 0.6) is 23.0 Å². The smallest absolute Gasteiger partial charge is 0.501 e. The molecule has 0 radical (unpaired) electrons. The van der Waals surface area contributed by atoms with E-state index < -0.39 is 21.2 Å². The maximum atomic E-state index is 12.6. The summed E-state index contributed by atoms with van der Waals surface area (Å²) < 4.78 is 35.6. The van der Waals surface area contributed by atoms with Crippen molar-refractivity contribution >= 4 is 10.4 Å². The maximum absolute atomic E-state index is 12.6. The zero-order valence-corrected chi connectivity index (χ0v) is 19.1. The van der Waals surface area contributed by atoms with Crippen molar-refractivity contribution in [1.82, 2.24) is 0 Å². The Bertz CT molecular complexity index is 947. The minimum atomic E-state index is -4.45. The molecule has 2 aromatic carbocycles. The minimum Gasteiger partial charge on any atom is -0.508 e. The van der Waals surface area contributed by atoms with Crippen LogP contribution in [0, 0.1) is 13.8 Å². The lowest BCUT2D eigenvalue weighted by Gasteiger charge is -2.23. The van der Waals surface area contributed by atoms with Crippen LogP contribution in [0.25, 0.3) is 0 Å². The second kappa shape index (κ2) is 7.44. The molecule has 2 N–H and O–H groups in total. The fourth-order valence-electron chi connectivity index (χ4n) is 2.96. The molecule has 29 heavy (non-hydrogen) atoms. The molecule has 0 spiro atoms. The summed E-state index contributed by atoms with van der Waals surface area (Å²) in [5.74, 6) is 0.315. The predicted octanol–water partition coefficient (Wildman–Crippen LogP) is 5.01. The van der Waals surface area contributed by atoms with Gasteiger partial charge in [-0.2, -0.15) is 0 Å². The molecule has 7 heteroatoms. The first-order chi connectivity index (χ1) is 13.0. The fraction of sp³-hybridized carbons (Fsp3) is 0.455. The van der Waals surface area contributed by atoms with Gasteiger partial charge < -0.3 is 18.6 Å². The second-order valence-corrected chi connectivity index (χ2v) is 10.5. The van der Waals surface area contributed by atoms with Gasteiger partial charge >= 0.3 is 10.4 Å². The maximum Gasteiger partial charge on any atom is 0.501 e. The zero-order valence-electron chi connectivity index (χ0n) is 18.2. The van der Waals surface area contributed by atoms with Crippen LogP contribution in [0.15, 0.2) is 24.3 Å². The van der Waals surface area contributed by atoms with Gasteiger partial charge in [0.05, 0.1) is 0 Å². The average molecular weight is 423 g/mol. The molecule has 0 fully saturated rings. The summed E-state index contributed by atoms with van der Waals surface area (Å²) in [6, 6.07) is 5.95. The average Bonchev–Trinajstić information content (AvgIpc) is 2.50. The molecular formula is C22H30O6S. The lowest BCUT2D eigenvalue weighted by atomic mass is 9.85. The van der Waals surface area contributed by atoms with E-state index in [2.05, 4.69) is 0 Å². The second-order valence-electron chi connectivity index (χ2n) is 9.34. The van der Waals surface area contributed by atoms with E-state index in [0.717, 1.165) is 0 Å². The van der Waals surface area contributed by atoms with Crippen LogP contribution in [0.2, 0.25) is 0 Å². The van der Waals surface area contributed by atoms with E-state index >= 15 is 0 Å². The number of phenols is 2. The minimum absolute atomic E-state index is 0.0739. The largest absolute Gasteiger partial charge is 0.508 e. The lowest BCUT2D eigenvalue weighted by molar-refractivity contribution is 0.385. The van der Waals surface area contributed by atoms with Crippen molar-refractivity contribution in [2.24, 2.45) is 0 Å².